The zero-order chi connectivity index (χ0) is 9.47. The lowest BCUT2D eigenvalue weighted by atomic mass is 10.0. The van der Waals surface area contributed by atoms with Crippen LogP contribution in [0.5, 0.6) is 5.75 Å². The van der Waals surface area contributed by atoms with E-state index in [2.05, 4.69) is 0 Å². The van der Waals surface area contributed by atoms with E-state index in [0.717, 1.165) is 24.2 Å². The van der Waals surface area contributed by atoms with Crippen LogP contribution in [0.4, 0.5) is 0 Å². The maximum atomic E-state index is 6.07. The Morgan fingerprint density at radius 3 is 2.57 bits per heavy atom. The number of rotatable bonds is 2. The fourth-order valence-corrected chi connectivity index (χ4v) is 1.65. The summed E-state index contributed by atoms with van der Waals surface area (Å²) in [5.74, 6) is 0.837. The van der Waals surface area contributed by atoms with Crippen LogP contribution in [0.2, 0.25) is 5.02 Å². The Bertz CT molecular complexity index is 337. The second-order valence-corrected chi connectivity index (χ2v) is 3.94. The van der Waals surface area contributed by atoms with Gasteiger partial charge in [-0.15, -0.1) is 12.4 Å². The van der Waals surface area contributed by atoms with Gasteiger partial charge in [-0.2, -0.15) is 0 Å². The third-order valence-electron chi connectivity index (χ3n) is 2.49. The van der Waals surface area contributed by atoms with Gasteiger partial charge in [0.15, 0.2) is 0 Å². The third-order valence-corrected chi connectivity index (χ3v) is 2.72. The van der Waals surface area contributed by atoms with Gasteiger partial charge in [-0.25, -0.2) is 0 Å². The van der Waals surface area contributed by atoms with Gasteiger partial charge < -0.3 is 10.5 Å². The minimum atomic E-state index is -0.184. The van der Waals surface area contributed by atoms with Crippen molar-refractivity contribution in [3.8, 4) is 5.75 Å². The van der Waals surface area contributed by atoms with Crippen LogP contribution < -0.4 is 10.5 Å². The second-order valence-electron chi connectivity index (χ2n) is 3.50. The molecule has 78 valence electrons. The van der Waals surface area contributed by atoms with Crippen LogP contribution in [0.3, 0.4) is 0 Å². The van der Waals surface area contributed by atoms with Crippen LogP contribution in [-0.4, -0.2) is 7.11 Å². The SMILES string of the molecule is COc1ccc(Cl)cc1C1(N)CC1.Cl. The zero-order valence-electron chi connectivity index (χ0n) is 7.92. The van der Waals surface area contributed by atoms with E-state index >= 15 is 0 Å². The molecule has 0 aromatic heterocycles. The van der Waals surface area contributed by atoms with Crippen molar-refractivity contribution < 1.29 is 4.74 Å². The van der Waals surface area contributed by atoms with E-state index in [-0.39, 0.29) is 17.9 Å². The molecule has 0 unspecified atom stereocenters. The molecule has 2 N–H and O–H groups in total. The zero-order valence-corrected chi connectivity index (χ0v) is 9.49. The van der Waals surface area contributed by atoms with Crippen molar-refractivity contribution in [2.24, 2.45) is 5.73 Å². The molecular formula is C10H13Cl2NO. The minimum absolute atomic E-state index is 0. The summed E-state index contributed by atoms with van der Waals surface area (Å²) in [7, 11) is 1.65. The lowest BCUT2D eigenvalue weighted by molar-refractivity contribution is 0.404. The first-order valence-corrected chi connectivity index (χ1v) is 4.66. The monoisotopic (exact) mass is 233 g/mol. The van der Waals surface area contributed by atoms with Gasteiger partial charge in [-0.3, -0.25) is 0 Å². The molecule has 14 heavy (non-hydrogen) atoms. The second kappa shape index (κ2) is 3.97. The average molecular weight is 234 g/mol. The van der Waals surface area contributed by atoms with Crippen LogP contribution in [0, 0.1) is 0 Å². The Balaban J connectivity index is 0.000000980. The van der Waals surface area contributed by atoms with E-state index in [1.807, 2.05) is 18.2 Å². The van der Waals surface area contributed by atoms with Crippen LogP contribution in [0.15, 0.2) is 18.2 Å². The highest BCUT2D eigenvalue weighted by atomic mass is 35.5. The van der Waals surface area contributed by atoms with Gasteiger partial charge in [0.2, 0.25) is 0 Å². The van der Waals surface area contributed by atoms with Crippen molar-refractivity contribution in [1.82, 2.24) is 0 Å². The predicted molar refractivity (Wildman–Crippen MR) is 60.4 cm³/mol. The molecule has 0 atom stereocenters. The minimum Gasteiger partial charge on any atom is -0.496 e. The van der Waals surface area contributed by atoms with Gasteiger partial charge >= 0.3 is 0 Å². The van der Waals surface area contributed by atoms with Crippen molar-refractivity contribution in [3.05, 3.63) is 28.8 Å². The summed E-state index contributed by atoms with van der Waals surface area (Å²) in [6.45, 7) is 0. The van der Waals surface area contributed by atoms with Gasteiger partial charge in [0.25, 0.3) is 0 Å². The standard InChI is InChI=1S/C10H12ClNO.ClH/c1-13-9-3-2-7(11)6-8(9)10(12)4-5-10;/h2-3,6H,4-5,12H2,1H3;1H. The third kappa shape index (κ3) is 1.97. The topological polar surface area (TPSA) is 35.2 Å². The number of hydrogen-bond donors (Lipinski definition) is 1. The number of methoxy groups -OCH3 is 1. The molecule has 0 radical (unpaired) electrons. The number of nitrogens with two attached hydrogens (primary N) is 1. The fourth-order valence-electron chi connectivity index (χ4n) is 1.47. The van der Waals surface area contributed by atoms with E-state index in [1.165, 1.54) is 0 Å². The summed E-state index contributed by atoms with van der Waals surface area (Å²) in [5, 5.41) is 0.715. The lowest BCUT2D eigenvalue weighted by Gasteiger charge is -2.14. The molecule has 1 aliphatic rings. The summed E-state index contributed by atoms with van der Waals surface area (Å²) >= 11 is 5.90. The van der Waals surface area contributed by atoms with Gasteiger partial charge in [-0.1, -0.05) is 11.6 Å². The first kappa shape index (κ1) is 11.6. The molecule has 2 nitrogen and oxygen atoms in total. The van der Waals surface area contributed by atoms with Crippen LogP contribution >= 0.6 is 24.0 Å². The van der Waals surface area contributed by atoms with Crippen molar-refractivity contribution in [3.63, 3.8) is 0 Å². The molecule has 1 saturated carbocycles. The molecule has 0 aliphatic heterocycles. The first-order chi connectivity index (χ1) is 6.15. The average Bonchev–Trinajstić information content (AvgIpc) is 2.85. The fraction of sp³-hybridized carbons (Fsp3) is 0.400. The van der Waals surface area contributed by atoms with E-state index in [9.17, 15) is 0 Å². The Morgan fingerprint density at radius 2 is 2.07 bits per heavy atom. The van der Waals surface area contributed by atoms with E-state index in [1.54, 1.807) is 7.11 Å². The highest BCUT2D eigenvalue weighted by Gasteiger charge is 2.42. The van der Waals surface area contributed by atoms with Crippen molar-refractivity contribution in [2.45, 2.75) is 18.4 Å². The molecule has 0 spiro atoms. The quantitative estimate of drug-likeness (QED) is 0.853. The van der Waals surface area contributed by atoms with Crippen LogP contribution in [0.1, 0.15) is 18.4 Å². The number of hydrogen-bond acceptors (Lipinski definition) is 2. The van der Waals surface area contributed by atoms with E-state index in [4.69, 9.17) is 22.1 Å². The predicted octanol–water partition coefficient (Wildman–Crippen LogP) is 2.72. The maximum Gasteiger partial charge on any atom is 0.124 e. The summed E-state index contributed by atoms with van der Waals surface area (Å²) in [4.78, 5) is 0. The molecule has 2 rings (SSSR count). The number of benzene rings is 1. The Hall–Kier alpha value is -0.440. The Kier molecular flexibility index (Phi) is 3.30. The highest BCUT2D eigenvalue weighted by Crippen LogP contribution is 2.47. The molecule has 1 fully saturated rings. The molecule has 1 aliphatic carbocycles. The Labute approximate surface area is 94.8 Å². The van der Waals surface area contributed by atoms with Gasteiger partial charge in [0.1, 0.15) is 5.75 Å². The summed E-state index contributed by atoms with van der Waals surface area (Å²) < 4.78 is 5.23. The molecule has 1 aromatic rings. The molecule has 1 aromatic carbocycles. The van der Waals surface area contributed by atoms with Gasteiger partial charge in [0.05, 0.1) is 7.11 Å². The van der Waals surface area contributed by atoms with Gasteiger partial charge in [0, 0.05) is 16.1 Å². The first-order valence-electron chi connectivity index (χ1n) is 4.29. The lowest BCUT2D eigenvalue weighted by Crippen LogP contribution is -2.19. The van der Waals surface area contributed by atoms with Gasteiger partial charge in [-0.05, 0) is 31.0 Å². The highest BCUT2D eigenvalue weighted by molar-refractivity contribution is 6.30. The molecule has 0 amide bonds. The maximum absolute atomic E-state index is 6.07. The molecule has 4 heteroatoms. The van der Waals surface area contributed by atoms with Crippen molar-refractivity contribution in [1.29, 1.82) is 0 Å². The van der Waals surface area contributed by atoms with Crippen molar-refractivity contribution >= 4 is 24.0 Å². The van der Waals surface area contributed by atoms with E-state index < -0.39 is 0 Å². The molecule has 0 heterocycles. The summed E-state index contributed by atoms with van der Waals surface area (Å²) in [6, 6.07) is 5.58. The Morgan fingerprint density at radius 1 is 1.43 bits per heavy atom. The largest absolute Gasteiger partial charge is 0.496 e. The summed E-state index contributed by atoms with van der Waals surface area (Å²) in [6.07, 6.45) is 2.04. The number of halogens is 2. The normalized spacial score (nSPS) is 17.1. The molecule has 0 bridgehead atoms. The van der Waals surface area contributed by atoms with Crippen LogP contribution in [-0.2, 0) is 5.54 Å². The molecular weight excluding hydrogens is 221 g/mol. The smallest absolute Gasteiger partial charge is 0.124 e. The summed E-state index contributed by atoms with van der Waals surface area (Å²) in [5.41, 5.74) is 6.92. The van der Waals surface area contributed by atoms with Crippen LogP contribution in [0.25, 0.3) is 0 Å². The molecule has 0 saturated heterocycles. The number of ether oxygens (including phenoxy) is 1. The van der Waals surface area contributed by atoms with Crippen molar-refractivity contribution in [2.75, 3.05) is 7.11 Å². The van der Waals surface area contributed by atoms with E-state index in [0.29, 0.717) is 5.02 Å².